The molecule has 1 unspecified atom stereocenters. The van der Waals surface area contributed by atoms with Crippen LogP contribution in [0.25, 0.3) is 11.3 Å². The van der Waals surface area contributed by atoms with Crippen molar-refractivity contribution in [2.45, 2.75) is 82.1 Å². The van der Waals surface area contributed by atoms with Crippen molar-refractivity contribution < 1.29 is 29.0 Å². The number of rotatable bonds is 11. The van der Waals surface area contributed by atoms with Crippen LogP contribution >= 0.6 is 23.2 Å². The summed E-state index contributed by atoms with van der Waals surface area (Å²) >= 11 is 12.8. The number of amides is 4. The van der Waals surface area contributed by atoms with Gasteiger partial charge < -0.3 is 39.7 Å². The second-order valence-corrected chi connectivity index (χ2v) is 19.0. The van der Waals surface area contributed by atoms with E-state index in [2.05, 4.69) is 30.1 Å². The third-order valence-electron chi connectivity index (χ3n) is 13.2. The van der Waals surface area contributed by atoms with Crippen LogP contribution < -0.4 is 15.4 Å². The summed E-state index contributed by atoms with van der Waals surface area (Å²) in [4.78, 5) is 73.4. The van der Waals surface area contributed by atoms with Gasteiger partial charge in [0.15, 0.2) is 0 Å². The van der Waals surface area contributed by atoms with Crippen molar-refractivity contribution in [2.75, 3.05) is 33.8 Å². The van der Waals surface area contributed by atoms with E-state index in [0.717, 1.165) is 33.9 Å². The smallest absolute Gasteiger partial charge is 0.245 e. The Morgan fingerprint density at radius 3 is 2.44 bits per heavy atom. The maximum absolute atomic E-state index is 15.2. The molecule has 4 amide bonds. The van der Waals surface area contributed by atoms with Crippen molar-refractivity contribution in [3.8, 4) is 22.8 Å². The molecule has 2 aliphatic heterocycles. The van der Waals surface area contributed by atoms with Gasteiger partial charge in [-0.05, 0) is 125 Å². The fourth-order valence-corrected chi connectivity index (χ4v) is 10.0. The van der Waals surface area contributed by atoms with E-state index in [0.29, 0.717) is 72.3 Å². The van der Waals surface area contributed by atoms with Crippen LogP contribution in [0.2, 0.25) is 10.0 Å². The molecule has 346 valence electrons. The summed E-state index contributed by atoms with van der Waals surface area (Å²) in [6.45, 7) is 2.07. The molecule has 0 spiro atoms. The molecule has 2 saturated heterocycles. The minimum absolute atomic E-state index is 0.102. The molecule has 8 rings (SSSR count). The number of benzene rings is 3. The number of aromatic nitrogens is 3. The number of ether oxygens (including phenoxy) is 1. The number of aliphatic hydroxyl groups excluding tert-OH is 1. The SMILES string of the molecule is C[C@H]1C(=O)N[C@@H](CO)C(=O)N[C@@]2(Cc3ccc(Cl)cc3)CCCN(C2)C(=O)[C@H](C2CCc3ncccc32)CC(=O)N1Cc1ccc(Cl)cc1Oc1ccc(-c2cnc(CN(C)C)n2C)cc1. The first-order valence-electron chi connectivity index (χ1n) is 22.4. The predicted octanol–water partition coefficient (Wildman–Crippen LogP) is 6.31. The number of fused-ring (bicyclic) bond motifs is 3. The molecule has 3 N–H and O–H groups in total. The molecule has 2 bridgehead atoms. The van der Waals surface area contributed by atoms with Crippen molar-refractivity contribution in [1.82, 2.24) is 39.9 Å². The second kappa shape index (κ2) is 20.0. The van der Waals surface area contributed by atoms with Gasteiger partial charge in [0, 0.05) is 59.6 Å². The van der Waals surface area contributed by atoms with Crippen LogP contribution in [0.4, 0.5) is 0 Å². The Morgan fingerprint density at radius 1 is 0.939 bits per heavy atom. The van der Waals surface area contributed by atoms with Crippen LogP contribution in [-0.4, -0.2) is 109 Å². The Morgan fingerprint density at radius 2 is 1.70 bits per heavy atom. The standard InChI is InChI=1S/C50H56Cl2N8O6/c1-31-47(63)55-42(29-61)48(64)56-50(25-32-8-13-35(51)14-9-32)20-6-22-59(30-50)49(65)40(38-18-19-41-39(38)7-5-21-53-41)24-46(62)60(31)27-34-10-15-36(52)23-44(34)66-37-16-11-33(12-17-37)43-26-54-45(58(43)4)28-57(2)3/h5,7-17,21,23,26,31,38,40,42,61H,6,18-20,22,24-25,27-30H2,1-4H3,(H,55,63)(H,56,64)/t31-,38?,40-,42-,50+/m0/s1. The Bertz CT molecular complexity index is 2590. The lowest BCUT2D eigenvalue weighted by Crippen LogP contribution is -2.65. The molecule has 2 fully saturated rings. The third-order valence-corrected chi connectivity index (χ3v) is 13.7. The van der Waals surface area contributed by atoms with Gasteiger partial charge in [-0.25, -0.2) is 4.98 Å². The number of carbonyl (C=O) groups excluding carboxylic acids is 4. The lowest BCUT2D eigenvalue weighted by atomic mass is 9.80. The van der Waals surface area contributed by atoms with Crippen molar-refractivity contribution in [3.05, 3.63) is 130 Å². The number of hydrogen-bond acceptors (Lipinski definition) is 9. The molecule has 5 aromatic rings. The maximum Gasteiger partial charge on any atom is 0.245 e. The molecule has 0 saturated carbocycles. The molecular formula is C50H56Cl2N8O6. The molecule has 1 aliphatic carbocycles. The van der Waals surface area contributed by atoms with E-state index >= 15 is 9.59 Å². The third kappa shape index (κ3) is 10.3. The van der Waals surface area contributed by atoms with Crippen LogP contribution in [0.3, 0.4) is 0 Å². The summed E-state index contributed by atoms with van der Waals surface area (Å²) in [6.07, 6.45) is 6.16. The topological polar surface area (TPSA) is 162 Å². The van der Waals surface area contributed by atoms with E-state index in [1.165, 1.54) is 4.90 Å². The van der Waals surface area contributed by atoms with Gasteiger partial charge in [0.25, 0.3) is 0 Å². The van der Waals surface area contributed by atoms with Gasteiger partial charge in [-0.3, -0.25) is 24.2 Å². The van der Waals surface area contributed by atoms with Crippen molar-refractivity contribution in [1.29, 1.82) is 0 Å². The van der Waals surface area contributed by atoms with E-state index in [9.17, 15) is 14.7 Å². The molecule has 4 heterocycles. The quantitative estimate of drug-likeness (QED) is 0.138. The van der Waals surface area contributed by atoms with Gasteiger partial charge >= 0.3 is 0 Å². The van der Waals surface area contributed by atoms with Crippen molar-refractivity contribution >= 4 is 46.8 Å². The number of aliphatic hydroxyl groups is 1. The zero-order valence-electron chi connectivity index (χ0n) is 37.7. The van der Waals surface area contributed by atoms with E-state index in [1.54, 1.807) is 48.4 Å². The molecule has 3 aromatic carbocycles. The number of nitrogens with one attached hydrogen (secondary N) is 2. The molecule has 16 heteroatoms. The van der Waals surface area contributed by atoms with Crippen LogP contribution in [0, 0.1) is 5.92 Å². The molecular weight excluding hydrogens is 880 g/mol. The highest BCUT2D eigenvalue weighted by Crippen LogP contribution is 2.42. The average Bonchev–Trinajstić information content (AvgIpc) is 3.89. The van der Waals surface area contributed by atoms with Crippen LogP contribution in [0.5, 0.6) is 11.5 Å². The largest absolute Gasteiger partial charge is 0.457 e. The number of imidazole rings is 1. The van der Waals surface area contributed by atoms with Gasteiger partial charge in [0.05, 0.1) is 43.0 Å². The van der Waals surface area contributed by atoms with Crippen LogP contribution in [0.1, 0.15) is 66.7 Å². The van der Waals surface area contributed by atoms with E-state index in [1.807, 2.05) is 75.9 Å². The van der Waals surface area contributed by atoms with Crippen LogP contribution in [-0.2, 0) is 52.2 Å². The summed E-state index contributed by atoms with van der Waals surface area (Å²) in [6, 6.07) is 21.3. The molecule has 66 heavy (non-hydrogen) atoms. The summed E-state index contributed by atoms with van der Waals surface area (Å²) in [5.41, 5.74) is 4.23. The summed E-state index contributed by atoms with van der Waals surface area (Å²) in [5, 5.41) is 17.5. The van der Waals surface area contributed by atoms with E-state index in [4.69, 9.17) is 27.9 Å². The summed E-state index contributed by atoms with van der Waals surface area (Å²) in [5.74, 6) is -1.19. The minimum atomic E-state index is -1.34. The lowest BCUT2D eigenvalue weighted by molar-refractivity contribution is -0.148. The van der Waals surface area contributed by atoms with Gasteiger partial charge in [-0.2, -0.15) is 0 Å². The summed E-state index contributed by atoms with van der Waals surface area (Å²) in [7, 11) is 5.98. The first-order chi connectivity index (χ1) is 31.7. The highest BCUT2D eigenvalue weighted by Gasteiger charge is 2.45. The molecule has 5 atom stereocenters. The zero-order valence-corrected chi connectivity index (χ0v) is 39.2. The van der Waals surface area contributed by atoms with Crippen molar-refractivity contribution in [3.63, 3.8) is 0 Å². The Balaban J connectivity index is 1.13. The average molecular weight is 936 g/mol. The highest BCUT2D eigenvalue weighted by molar-refractivity contribution is 6.31. The predicted molar refractivity (Wildman–Crippen MR) is 252 cm³/mol. The molecule has 2 aromatic heterocycles. The summed E-state index contributed by atoms with van der Waals surface area (Å²) < 4.78 is 8.53. The molecule has 3 aliphatic rings. The molecule has 14 nitrogen and oxygen atoms in total. The first-order valence-corrected chi connectivity index (χ1v) is 23.2. The van der Waals surface area contributed by atoms with Gasteiger partial charge in [0.1, 0.15) is 29.4 Å². The number of nitrogens with zero attached hydrogens (tertiary/aromatic N) is 6. The number of pyridine rings is 1. The van der Waals surface area contributed by atoms with Gasteiger partial charge in [-0.15, -0.1) is 0 Å². The number of aryl methyl sites for hydroxylation is 1. The van der Waals surface area contributed by atoms with Gasteiger partial charge in [0.2, 0.25) is 23.6 Å². The fourth-order valence-electron chi connectivity index (χ4n) is 9.73. The Hall–Kier alpha value is -5.80. The number of hydrogen-bond donors (Lipinski definition) is 3. The monoisotopic (exact) mass is 934 g/mol. The fraction of sp³-hybridized carbons (Fsp3) is 0.400. The lowest BCUT2D eigenvalue weighted by Gasteiger charge is -2.46. The number of carbonyl (C=O) groups is 4. The first kappa shape index (κ1) is 46.7. The Labute approximate surface area is 395 Å². The van der Waals surface area contributed by atoms with Crippen molar-refractivity contribution in [2.24, 2.45) is 13.0 Å². The van der Waals surface area contributed by atoms with Gasteiger partial charge in [-0.1, -0.05) is 47.5 Å². The minimum Gasteiger partial charge on any atom is -0.457 e. The maximum atomic E-state index is 15.2. The van der Waals surface area contributed by atoms with E-state index < -0.39 is 47.9 Å². The van der Waals surface area contributed by atoms with E-state index in [-0.39, 0.29) is 31.3 Å². The molecule has 0 radical (unpaired) electrons. The normalized spacial score (nSPS) is 22.8. The zero-order chi connectivity index (χ0) is 46.7. The highest BCUT2D eigenvalue weighted by atomic mass is 35.5. The number of piperidine rings is 1. The number of halogens is 2. The second-order valence-electron chi connectivity index (χ2n) is 18.1. The van der Waals surface area contributed by atoms with Crippen LogP contribution in [0.15, 0.2) is 91.3 Å². The Kier molecular flexibility index (Phi) is 14.1.